The second-order valence-corrected chi connectivity index (χ2v) is 6.22. The lowest BCUT2D eigenvalue weighted by atomic mass is 10.2. The average Bonchev–Trinajstić information content (AvgIpc) is 3.23. The Balaban J connectivity index is 1.64. The minimum absolute atomic E-state index is 0.114. The van der Waals surface area contributed by atoms with Crippen molar-refractivity contribution in [2.24, 2.45) is 0 Å². The van der Waals surface area contributed by atoms with Crippen LogP contribution in [-0.2, 0) is 11.3 Å². The zero-order valence-corrected chi connectivity index (χ0v) is 14.2. The molecule has 7 nitrogen and oxygen atoms in total. The molecule has 0 saturated carbocycles. The van der Waals surface area contributed by atoms with E-state index in [0.29, 0.717) is 17.5 Å². The number of thioether (sulfide) groups is 1. The molecular weight excluding hydrogens is 345 g/mol. The third-order valence-electron chi connectivity index (χ3n) is 3.50. The van der Waals surface area contributed by atoms with Crippen LogP contribution in [0.15, 0.2) is 52.2 Å². The Morgan fingerprint density at radius 1 is 1.32 bits per heavy atom. The van der Waals surface area contributed by atoms with Gasteiger partial charge >= 0.3 is 0 Å². The van der Waals surface area contributed by atoms with Crippen LogP contribution in [0.3, 0.4) is 0 Å². The van der Waals surface area contributed by atoms with Gasteiger partial charge in [0.2, 0.25) is 11.1 Å². The molecule has 0 unspecified atom stereocenters. The minimum atomic E-state index is -0.438. The first-order valence-corrected chi connectivity index (χ1v) is 8.39. The maximum absolute atomic E-state index is 13.9. The number of furan rings is 1. The summed E-state index contributed by atoms with van der Waals surface area (Å²) in [6.45, 7) is 0.377. The highest BCUT2D eigenvalue weighted by Gasteiger charge is 2.17. The molecule has 3 rings (SSSR count). The number of nitrogens with two attached hydrogens (primary N) is 1. The van der Waals surface area contributed by atoms with E-state index in [-0.39, 0.29) is 23.0 Å². The van der Waals surface area contributed by atoms with Crippen molar-refractivity contribution in [1.29, 1.82) is 0 Å². The van der Waals surface area contributed by atoms with Crippen molar-refractivity contribution >= 4 is 17.7 Å². The lowest BCUT2D eigenvalue weighted by molar-refractivity contribution is -0.127. The quantitative estimate of drug-likeness (QED) is 0.534. The Hall–Kier alpha value is -2.81. The van der Waals surface area contributed by atoms with E-state index in [4.69, 9.17) is 10.3 Å². The fourth-order valence-corrected chi connectivity index (χ4v) is 2.96. The molecule has 1 amide bonds. The monoisotopic (exact) mass is 361 g/mol. The number of carbonyl (C=O) groups is 1. The highest BCUT2D eigenvalue weighted by molar-refractivity contribution is 7.99. The van der Waals surface area contributed by atoms with Gasteiger partial charge in [-0.2, -0.15) is 0 Å². The number of hydrogen-bond donors (Lipinski definition) is 1. The number of carbonyl (C=O) groups excluding carboxylic acids is 1. The first-order valence-electron chi connectivity index (χ1n) is 7.41. The van der Waals surface area contributed by atoms with Crippen LogP contribution >= 0.6 is 11.8 Å². The Kier molecular flexibility index (Phi) is 5.03. The van der Waals surface area contributed by atoms with Gasteiger partial charge in [0, 0.05) is 7.05 Å². The lowest BCUT2D eigenvalue weighted by Crippen LogP contribution is -2.27. The van der Waals surface area contributed by atoms with Crippen molar-refractivity contribution in [1.82, 2.24) is 19.8 Å². The van der Waals surface area contributed by atoms with E-state index in [1.54, 1.807) is 48.5 Å². The lowest BCUT2D eigenvalue weighted by Gasteiger charge is -2.15. The Bertz CT molecular complexity index is 865. The van der Waals surface area contributed by atoms with Gasteiger partial charge in [-0.25, -0.2) is 9.07 Å². The fourth-order valence-electron chi connectivity index (χ4n) is 2.16. The molecule has 25 heavy (non-hydrogen) atoms. The molecule has 0 spiro atoms. The van der Waals surface area contributed by atoms with E-state index in [1.165, 1.54) is 10.7 Å². The Morgan fingerprint density at radius 2 is 2.12 bits per heavy atom. The molecule has 0 aliphatic rings. The minimum Gasteiger partial charge on any atom is -0.467 e. The van der Waals surface area contributed by atoms with Crippen LogP contribution in [0.1, 0.15) is 5.76 Å². The van der Waals surface area contributed by atoms with Crippen LogP contribution in [0.2, 0.25) is 0 Å². The van der Waals surface area contributed by atoms with Crippen LogP contribution in [0, 0.1) is 5.82 Å². The first-order chi connectivity index (χ1) is 12.1. The summed E-state index contributed by atoms with van der Waals surface area (Å²) >= 11 is 1.14. The molecule has 2 heterocycles. The smallest absolute Gasteiger partial charge is 0.233 e. The highest BCUT2D eigenvalue weighted by Crippen LogP contribution is 2.23. The number of nitrogen functional groups attached to an aromatic ring is 1. The van der Waals surface area contributed by atoms with Gasteiger partial charge in [0.05, 0.1) is 24.1 Å². The van der Waals surface area contributed by atoms with Crippen molar-refractivity contribution in [3.8, 4) is 11.4 Å². The van der Waals surface area contributed by atoms with E-state index in [9.17, 15) is 9.18 Å². The number of nitrogens with zero attached hydrogens (tertiary/aromatic N) is 4. The van der Waals surface area contributed by atoms with Crippen molar-refractivity contribution in [3.05, 3.63) is 54.2 Å². The molecule has 2 aromatic heterocycles. The molecular formula is C16H16FN5O2S. The zero-order chi connectivity index (χ0) is 17.8. The number of halogens is 1. The topological polar surface area (TPSA) is 90.2 Å². The van der Waals surface area contributed by atoms with Crippen LogP contribution in [-0.4, -0.2) is 38.5 Å². The molecule has 0 radical (unpaired) electrons. The molecule has 0 bridgehead atoms. The summed E-state index contributed by atoms with van der Waals surface area (Å²) in [6.07, 6.45) is 1.56. The van der Waals surface area contributed by atoms with E-state index < -0.39 is 5.82 Å². The van der Waals surface area contributed by atoms with Crippen LogP contribution < -0.4 is 5.84 Å². The molecule has 2 N–H and O–H groups in total. The second-order valence-electron chi connectivity index (χ2n) is 5.27. The molecule has 0 fully saturated rings. The van der Waals surface area contributed by atoms with E-state index >= 15 is 0 Å². The van der Waals surface area contributed by atoms with Gasteiger partial charge < -0.3 is 15.2 Å². The van der Waals surface area contributed by atoms with Gasteiger partial charge in [0.15, 0.2) is 5.82 Å². The molecule has 9 heteroatoms. The maximum Gasteiger partial charge on any atom is 0.233 e. The molecule has 0 atom stereocenters. The summed E-state index contributed by atoms with van der Waals surface area (Å²) < 4.78 is 20.3. The van der Waals surface area contributed by atoms with Gasteiger partial charge in [0.1, 0.15) is 11.6 Å². The van der Waals surface area contributed by atoms with Gasteiger partial charge in [-0.3, -0.25) is 4.79 Å². The van der Waals surface area contributed by atoms with Crippen molar-refractivity contribution in [2.45, 2.75) is 11.7 Å². The fraction of sp³-hybridized carbons (Fsp3) is 0.188. The number of amides is 1. The predicted molar refractivity (Wildman–Crippen MR) is 91.5 cm³/mol. The summed E-state index contributed by atoms with van der Waals surface area (Å²) in [4.78, 5) is 13.7. The largest absolute Gasteiger partial charge is 0.467 e. The molecule has 0 aliphatic heterocycles. The van der Waals surface area contributed by atoms with E-state index in [1.807, 2.05) is 0 Å². The normalized spacial score (nSPS) is 10.8. The Labute approximate surface area is 147 Å². The highest BCUT2D eigenvalue weighted by atomic mass is 32.2. The van der Waals surface area contributed by atoms with Gasteiger partial charge in [-0.1, -0.05) is 23.9 Å². The molecule has 3 aromatic rings. The summed E-state index contributed by atoms with van der Waals surface area (Å²) in [5.41, 5.74) is 0.255. The maximum atomic E-state index is 13.9. The van der Waals surface area contributed by atoms with Crippen LogP contribution in [0.5, 0.6) is 0 Å². The number of hydrogen-bond acceptors (Lipinski definition) is 6. The molecule has 1 aromatic carbocycles. The SMILES string of the molecule is CN(Cc1ccco1)C(=O)CSc1nnc(-c2ccccc2F)n1N. The van der Waals surface area contributed by atoms with Gasteiger partial charge in [0.25, 0.3) is 0 Å². The predicted octanol–water partition coefficient (Wildman–Crippen LogP) is 2.14. The average molecular weight is 361 g/mol. The molecule has 130 valence electrons. The standard InChI is InChI=1S/C16H16FN5O2S/c1-21(9-11-5-4-8-24-11)14(23)10-25-16-20-19-15(22(16)18)12-6-2-3-7-13(12)17/h2-8H,9-10,18H2,1H3. The third-order valence-corrected chi connectivity index (χ3v) is 4.43. The second kappa shape index (κ2) is 7.39. The Morgan fingerprint density at radius 3 is 2.84 bits per heavy atom. The summed E-state index contributed by atoms with van der Waals surface area (Å²) in [5, 5.41) is 8.18. The van der Waals surface area contributed by atoms with Crippen molar-refractivity contribution in [2.75, 3.05) is 18.6 Å². The number of benzene rings is 1. The molecule has 0 saturated heterocycles. The summed E-state index contributed by atoms with van der Waals surface area (Å²) in [5.74, 6) is 6.42. The van der Waals surface area contributed by atoms with Crippen LogP contribution in [0.4, 0.5) is 4.39 Å². The van der Waals surface area contributed by atoms with Gasteiger partial charge in [-0.05, 0) is 24.3 Å². The van der Waals surface area contributed by atoms with E-state index in [0.717, 1.165) is 11.8 Å². The summed E-state index contributed by atoms with van der Waals surface area (Å²) in [6, 6.07) is 9.73. The van der Waals surface area contributed by atoms with Crippen molar-refractivity contribution < 1.29 is 13.6 Å². The first kappa shape index (κ1) is 17.0. The van der Waals surface area contributed by atoms with Crippen LogP contribution in [0.25, 0.3) is 11.4 Å². The third kappa shape index (κ3) is 3.82. The molecule has 0 aliphatic carbocycles. The zero-order valence-electron chi connectivity index (χ0n) is 13.4. The van der Waals surface area contributed by atoms with Crippen molar-refractivity contribution in [3.63, 3.8) is 0 Å². The summed E-state index contributed by atoms with van der Waals surface area (Å²) in [7, 11) is 1.68. The number of rotatable bonds is 6. The van der Waals surface area contributed by atoms with Gasteiger partial charge in [-0.15, -0.1) is 10.2 Å². The number of aromatic nitrogens is 3. The van der Waals surface area contributed by atoms with E-state index in [2.05, 4.69) is 10.2 Å².